The number of ether oxygens (including phenoxy) is 2. The molecule has 0 spiro atoms. The SMILES string of the molecule is COC1CN(C(=O)OC(C)(C)C)CC1C. The van der Waals surface area contributed by atoms with Gasteiger partial charge in [-0.3, -0.25) is 0 Å². The van der Waals surface area contributed by atoms with Gasteiger partial charge in [0.1, 0.15) is 5.60 Å². The molecule has 1 fully saturated rings. The molecule has 0 N–H and O–H groups in total. The van der Waals surface area contributed by atoms with Gasteiger partial charge in [-0.2, -0.15) is 0 Å². The Kier molecular flexibility index (Phi) is 3.60. The number of carbonyl (C=O) groups is 1. The second-order valence-corrected chi connectivity index (χ2v) is 5.14. The average molecular weight is 215 g/mol. The lowest BCUT2D eigenvalue weighted by Gasteiger charge is -2.24. The van der Waals surface area contributed by atoms with Gasteiger partial charge in [-0.25, -0.2) is 4.79 Å². The molecule has 88 valence electrons. The fourth-order valence-corrected chi connectivity index (χ4v) is 1.72. The molecule has 0 aromatic carbocycles. The minimum atomic E-state index is -0.425. The van der Waals surface area contributed by atoms with Crippen molar-refractivity contribution in [2.24, 2.45) is 5.92 Å². The van der Waals surface area contributed by atoms with E-state index in [-0.39, 0.29) is 12.2 Å². The van der Waals surface area contributed by atoms with Crippen LogP contribution in [-0.4, -0.2) is 42.9 Å². The van der Waals surface area contributed by atoms with Crippen molar-refractivity contribution in [3.63, 3.8) is 0 Å². The van der Waals surface area contributed by atoms with Crippen molar-refractivity contribution < 1.29 is 14.3 Å². The Balaban J connectivity index is 2.50. The van der Waals surface area contributed by atoms with E-state index < -0.39 is 5.60 Å². The minimum absolute atomic E-state index is 0.137. The van der Waals surface area contributed by atoms with Crippen molar-refractivity contribution in [1.82, 2.24) is 4.90 Å². The molecular weight excluding hydrogens is 194 g/mol. The Hall–Kier alpha value is -0.770. The number of amides is 1. The zero-order valence-electron chi connectivity index (χ0n) is 10.2. The number of hydrogen-bond acceptors (Lipinski definition) is 3. The number of likely N-dealkylation sites (tertiary alicyclic amines) is 1. The molecule has 2 unspecified atom stereocenters. The summed E-state index contributed by atoms with van der Waals surface area (Å²) in [5.74, 6) is 0.377. The second-order valence-electron chi connectivity index (χ2n) is 5.14. The Labute approximate surface area is 91.5 Å². The number of hydrogen-bond donors (Lipinski definition) is 0. The van der Waals surface area contributed by atoms with Gasteiger partial charge in [-0.05, 0) is 20.8 Å². The third-order valence-electron chi connectivity index (χ3n) is 2.50. The molecule has 1 aliphatic heterocycles. The van der Waals surface area contributed by atoms with Crippen molar-refractivity contribution in [3.8, 4) is 0 Å². The van der Waals surface area contributed by atoms with Crippen molar-refractivity contribution in [1.29, 1.82) is 0 Å². The van der Waals surface area contributed by atoms with E-state index in [9.17, 15) is 4.79 Å². The van der Waals surface area contributed by atoms with Crippen LogP contribution in [-0.2, 0) is 9.47 Å². The molecule has 0 aromatic rings. The van der Waals surface area contributed by atoms with E-state index in [4.69, 9.17) is 9.47 Å². The van der Waals surface area contributed by atoms with E-state index in [0.717, 1.165) is 0 Å². The Morgan fingerprint density at radius 3 is 2.33 bits per heavy atom. The van der Waals surface area contributed by atoms with Crippen molar-refractivity contribution in [2.75, 3.05) is 20.2 Å². The second kappa shape index (κ2) is 4.39. The van der Waals surface area contributed by atoms with Gasteiger partial charge in [-0.15, -0.1) is 0 Å². The van der Waals surface area contributed by atoms with Crippen LogP contribution in [0.4, 0.5) is 4.79 Å². The molecule has 1 aliphatic rings. The van der Waals surface area contributed by atoms with Crippen LogP contribution >= 0.6 is 0 Å². The van der Waals surface area contributed by atoms with E-state index in [1.165, 1.54) is 0 Å². The van der Waals surface area contributed by atoms with Gasteiger partial charge in [0.05, 0.1) is 12.6 Å². The Bertz CT molecular complexity index is 234. The zero-order chi connectivity index (χ0) is 11.6. The molecule has 1 saturated heterocycles. The van der Waals surface area contributed by atoms with Crippen molar-refractivity contribution in [3.05, 3.63) is 0 Å². The standard InChI is InChI=1S/C11H21NO3/c1-8-6-12(7-9(8)14-5)10(13)15-11(2,3)4/h8-9H,6-7H2,1-5H3. The van der Waals surface area contributed by atoms with Crippen LogP contribution in [0.15, 0.2) is 0 Å². The van der Waals surface area contributed by atoms with Crippen LogP contribution in [0.3, 0.4) is 0 Å². The van der Waals surface area contributed by atoms with Crippen molar-refractivity contribution >= 4 is 6.09 Å². The number of nitrogens with zero attached hydrogens (tertiary/aromatic N) is 1. The van der Waals surface area contributed by atoms with Gasteiger partial charge in [0.2, 0.25) is 0 Å². The normalized spacial score (nSPS) is 26.9. The van der Waals surface area contributed by atoms with Crippen LogP contribution < -0.4 is 0 Å². The van der Waals surface area contributed by atoms with Gasteiger partial charge in [0, 0.05) is 19.6 Å². The first kappa shape index (κ1) is 12.3. The summed E-state index contributed by atoms with van der Waals surface area (Å²) in [5.41, 5.74) is -0.425. The minimum Gasteiger partial charge on any atom is -0.444 e. The molecule has 0 bridgehead atoms. The lowest BCUT2D eigenvalue weighted by molar-refractivity contribution is 0.0252. The summed E-state index contributed by atoms with van der Waals surface area (Å²) in [5, 5.41) is 0. The maximum atomic E-state index is 11.7. The molecule has 4 nitrogen and oxygen atoms in total. The number of methoxy groups -OCH3 is 1. The summed E-state index contributed by atoms with van der Waals surface area (Å²) in [6, 6.07) is 0. The zero-order valence-corrected chi connectivity index (χ0v) is 10.2. The first-order chi connectivity index (χ1) is 6.83. The first-order valence-corrected chi connectivity index (χ1v) is 5.34. The summed E-state index contributed by atoms with van der Waals surface area (Å²) in [6.07, 6.45) is -0.105. The van der Waals surface area contributed by atoms with E-state index >= 15 is 0 Å². The van der Waals surface area contributed by atoms with Gasteiger partial charge in [-0.1, -0.05) is 6.92 Å². The smallest absolute Gasteiger partial charge is 0.410 e. The average Bonchev–Trinajstić information content (AvgIpc) is 2.43. The molecule has 4 heteroatoms. The Morgan fingerprint density at radius 2 is 1.93 bits per heavy atom. The molecule has 1 amide bonds. The highest BCUT2D eigenvalue weighted by Gasteiger charge is 2.34. The molecule has 1 heterocycles. The quantitative estimate of drug-likeness (QED) is 0.670. The molecule has 2 atom stereocenters. The van der Waals surface area contributed by atoms with E-state index in [0.29, 0.717) is 19.0 Å². The highest BCUT2D eigenvalue weighted by atomic mass is 16.6. The molecule has 0 radical (unpaired) electrons. The van der Waals surface area contributed by atoms with Gasteiger partial charge in [0.15, 0.2) is 0 Å². The van der Waals surface area contributed by atoms with Crippen LogP contribution in [0.2, 0.25) is 0 Å². The fourth-order valence-electron chi connectivity index (χ4n) is 1.72. The molecular formula is C11H21NO3. The molecule has 0 aliphatic carbocycles. The largest absolute Gasteiger partial charge is 0.444 e. The van der Waals surface area contributed by atoms with Gasteiger partial charge < -0.3 is 14.4 Å². The molecule has 15 heavy (non-hydrogen) atoms. The summed E-state index contributed by atoms with van der Waals surface area (Å²) in [6.45, 7) is 9.05. The molecule has 0 saturated carbocycles. The summed E-state index contributed by atoms with van der Waals surface area (Å²) in [4.78, 5) is 13.4. The number of carbonyl (C=O) groups excluding carboxylic acids is 1. The summed E-state index contributed by atoms with van der Waals surface area (Å²) < 4.78 is 10.6. The topological polar surface area (TPSA) is 38.8 Å². The lowest BCUT2D eigenvalue weighted by atomic mass is 10.1. The predicted molar refractivity (Wildman–Crippen MR) is 57.8 cm³/mol. The molecule has 0 aromatic heterocycles. The van der Waals surface area contributed by atoms with E-state index in [1.54, 1.807) is 12.0 Å². The third-order valence-corrected chi connectivity index (χ3v) is 2.50. The monoisotopic (exact) mass is 215 g/mol. The fraction of sp³-hybridized carbons (Fsp3) is 0.909. The van der Waals surface area contributed by atoms with Crippen LogP contribution in [0.1, 0.15) is 27.7 Å². The highest BCUT2D eigenvalue weighted by molar-refractivity contribution is 5.68. The summed E-state index contributed by atoms with van der Waals surface area (Å²) in [7, 11) is 1.68. The van der Waals surface area contributed by atoms with Crippen LogP contribution in [0, 0.1) is 5.92 Å². The van der Waals surface area contributed by atoms with Crippen LogP contribution in [0.5, 0.6) is 0 Å². The Morgan fingerprint density at radius 1 is 1.33 bits per heavy atom. The third kappa shape index (κ3) is 3.38. The van der Waals surface area contributed by atoms with Gasteiger partial charge in [0.25, 0.3) is 0 Å². The van der Waals surface area contributed by atoms with E-state index in [2.05, 4.69) is 6.92 Å². The van der Waals surface area contributed by atoms with Crippen molar-refractivity contribution in [2.45, 2.75) is 39.4 Å². The first-order valence-electron chi connectivity index (χ1n) is 5.34. The van der Waals surface area contributed by atoms with Crippen LogP contribution in [0.25, 0.3) is 0 Å². The number of rotatable bonds is 1. The van der Waals surface area contributed by atoms with E-state index in [1.807, 2.05) is 20.8 Å². The molecule has 1 rings (SSSR count). The maximum absolute atomic E-state index is 11.7. The maximum Gasteiger partial charge on any atom is 0.410 e. The lowest BCUT2D eigenvalue weighted by Crippen LogP contribution is -2.36. The van der Waals surface area contributed by atoms with Gasteiger partial charge >= 0.3 is 6.09 Å². The predicted octanol–water partition coefficient (Wildman–Crippen LogP) is 1.89. The highest BCUT2D eigenvalue weighted by Crippen LogP contribution is 2.21. The summed E-state index contributed by atoms with van der Waals surface area (Å²) >= 11 is 0.